The molecule has 1 N–H and O–H groups in total. The third-order valence-corrected chi connectivity index (χ3v) is 2.69. The van der Waals surface area contributed by atoms with Gasteiger partial charge in [0.05, 0.1) is 6.04 Å². The van der Waals surface area contributed by atoms with Crippen LogP contribution in [0.1, 0.15) is 25.5 Å². The highest BCUT2D eigenvalue weighted by molar-refractivity contribution is 5.70. The monoisotopic (exact) mass is 205 g/mol. The van der Waals surface area contributed by atoms with Crippen LogP contribution in [0.5, 0.6) is 0 Å². The van der Waals surface area contributed by atoms with Crippen molar-refractivity contribution in [3.63, 3.8) is 0 Å². The van der Waals surface area contributed by atoms with Crippen LogP contribution in [0.15, 0.2) is 30.3 Å². The molecule has 0 saturated carbocycles. The number of ether oxygens (including phenoxy) is 1. The minimum Gasteiger partial charge on any atom is -0.439 e. The summed E-state index contributed by atoms with van der Waals surface area (Å²) in [6.45, 7) is 4.16. The van der Waals surface area contributed by atoms with Crippen LogP contribution in [0.25, 0.3) is 0 Å². The van der Waals surface area contributed by atoms with Gasteiger partial charge in [-0.3, -0.25) is 0 Å². The highest BCUT2D eigenvalue weighted by Crippen LogP contribution is 2.29. The molecule has 1 saturated heterocycles. The third kappa shape index (κ3) is 1.96. The Balaban J connectivity index is 2.24. The largest absolute Gasteiger partial charge is 0.439 e. The summed E-state index contributed by atoms with van der Waals surface area (Å²) in [5.74, 6) is 0.363. The first-order valence-corrected chi connectivity index (χ1v) is 5.20. The average molecular weight is 205 g/mol. The van der Waals surface area contributed by atoms with Crippen molar-refractivity contribution in [2.45, 2.75) is 26.0 Å². The summed E-state index contributed by atoms with van der Waals surface area (Å²) in [6, 6.07) is 9.91. The van der Waals surface area contributed by atoms with Crippen LogP contribution in [-0.2, 0) is 4.74 Å². The van der Waals surface area contributed by atoms with Gasteiger partial charge in [-0.2, -0.15) is 0 Å². The van der Waals surface area contributed by atoms with E-state index in [-0.39, 0.29) is 18.2 Å². The molecule has 0 aromatic heterocycles. The van der Waals surface area contributed by atoms with Crippen LogP contribution in [0.4, 0.5) is 4.79 Å². The maximum absolute atomic E-state index is 11.2. The molecule has 2 rings (SSSR count). The maximum Gasteiger partial charge on any atom is 0.408 e. The van der Waals surface area contributed by atoms with Crippen LogP contribution in [-0.4, -0.2) is 12.1 Å². The second kappa shape index (κ2) is 3.93. The fourth-order valence-electron chi connectivity index (χ4n) is 1.87. The summed E-state index contributed by atoms with van der Waals surface area (Å²) >= 11 is 0. The second-order valence-corrected chi connectivity index (χ2v) is 4.15. The standard InChI is InChI=1S/C12H15NO2/c1-8(2)10-11(15-12(14)13-10)9-6-4-3-5-7-9/h3-8,10-11H,1-2H3,(H,13,14)/t10-,11-/m0/s1. The maximum atomic E-state index is 11.2. The van der Waals surface area contributed by atoms with Crippen molar-refractivity contribution in [2.75, 3.05) is 0 Å². The molecule has 1 aliphatic rings. The van der Waals surface area contributed by atoms with Crippen LogP contribution < -0.4 is 5.32 Å². The van der Waals surface area contributed by atoms with Crippen LogP contribution in [0, 0.1) is 5.92 Å². The van der Waals surface area contributed by atoms with Crippen molar-refractivity contribution in [1.29, 1.82) is 0 Å². The molecular formula is C12H15NO2. The van der Waals surface area contributed by atoms with Crippen LogP contribution >= 0.6 is 0 Å². The second-order valence-electron chi connectivity index (χ2n) is 4.15. The van der Waals surface area contributed by atoms with Gasteiger partial charge in [-0.1, -0.05) is 44.2 Å². The van der Waals surface area contributed by atoms with E-state index in [0.29, 0.717) is 5.92 Å². The number of amides is 1. The molecule has 1 aliphatic heterocycles. The molecule has 2 atom stereocenters. The molecule has 1 aromatic rings. The zero-order valence-electron chi connectivity index (χ0n) is 8.94. The molecule has 3 heteroatoms. The molecular weight excluding hydrogens is 190 g/mol. The van der Waals surface area contributed by atoms with Gasteiger partial charge in [0.1, 0.15) is 6.10 Å². The van der Waals surface area contributed by atoms with Crippen LogP contribution in [0.3, 0.4) is 0 Å². The van der Waals surface area contributed by atoms with E-state index in [0.717, 1.165) is 5.56 Å². The summed E-state index contributed by atoms with van der Waals surface area (Å²) in [5.41, 5.74) is 1.05. The zero-order valence-corrected chi connectivity index (χ0v) is 8.94. The molecule has 0 spiro atoms. The summed E-state index contributed by atoms with van der Waals surface area (Å²) in [4.78, 5) is 11.2. The summed E-state index contributed by atoms with van der Waals surface area (Å²) in [5, 5.41) is 2.84. The molecule has 0 radical (unpaired) electrons. The highest BCUT2D eigenvalue weighted by atomic mass is 16.6. The Morgan fingerprint density at radius 1 is 1.27 bits per heavy atom. The Morgan fingerprint density at radius 3 is 2.53 bits per heavy atom. The van der Waals surface area contributed by atoms with Gasteiger partial charge in [-0.05, 0) is 11.5 Å². The van der Waals surface area contributed by atoms with Crippen molar-refractivity contribution in [1.82, 2.24) is 5.32 Å². The molecule has 0 bridgehead atoms. The van der Waals surface area contributed by atoms with Crippen LogP contribution in [0.2, 0.25) is 0 Å². The predicted molar refractivity (Wildman–Crippen MR) is 57.4 cm³/mol. The first-order valence-electron chi connectivity index (χ1n) is 5.20. The fourth-order valence-corrected chi connectivity index (χ4v) is 1.87. The van der Waals surface area contributed by atoms with E-state index in [9.17, 15) is 4.79 Å². The third-order valence-electron chi connectivity index (χ3n) is 2.69. The lowest BCUT2D eigenvalue weighted by molar-refractivity contribution is 0.126. The van der Waals surface area contributed by atoms with E-state index in [1.807, 2.05) is 30.3 Å². The molecule has 1 heterocycles. The Bertz CT molecular complexity index is 348. The molecule has 80 valence electrons. The van der Waals surface area contributed by atoms with Gasteiger partial charge in [-0.15, -0.1) is 0 Å². The lowest BCUT2D eigenvalue weighted by Crippen LogP contribution is -2.32. The Hall–Kier alpha value is -1.51. The van der Waals surface area contributed by atoms with Crippen molar-refractivity contribution < 1.29 is 9.53 Å². The zero-order chi connectivity index (χ0) is 10.8. The number of carbonyl (C=O) groups is 1. The summed E-state index contributed by atoms with van der Waals surface area (Å²) < 4.78 is 5.27. The lowest BCUT2D eigenvalue weighted by atomic mass is 9.94. The minimum atomic E-state index is -0.317. The van der Waals surface area contributed by atoms with Crippen molar-refractivity contribution in [2.24, 2.45) is 5.92 Å². The van der Waals surface area contributed by atoms with Gasteiger partial charge in [-0.25, -0.2) is 4.79 Å². The van der Waals surface area contributed by atoms with Gasteiger partial charge >= 0.3 is 6.09 Å². The van der Waals surface area contributed by atoms with Gasteiger partial charge in [0.2, 0.25) is 0 Å². The molecule has 15 heavy (non-hydrogen) atoms. The molecule has 1 fully saturated rings. The topological polar surface area (TPSA) is 38.3 Å². The van der Waals surface area contributed by atoms with Gasteiger partial charge < -0.3 is 10.1 Å². The van der Waals surface area contributed by atoms with E-state index in [1.54, 1.807) is 0 Å². The highest BCUT2D eigenvalue weighted by Gasteiger charge is 2.36. The Kier molecular flexibility index (Phi) is 2.62. The molecule has 1 amide bonds. The van der Waals surface area contributed by atoms with Gasteiger partial charge in [0.25, 0.3) is 0 Å². The minimum absolute atomic E-state index is 0.0694. The molecule has 0 unspecified atom stereocenters. The smallest absolute Gasteiger partial charge is 0.408 e. The van der Waals surface area contributed by atoms with E-state index in [1.165, 1.54) is 0 Å². The quantitative estimate of drug-likeness (QED) is 0.805. The lowest BCUT2D eigenvalue weighted by Gasteiger charge is -2.20. The Labute approximate surface area is 89.4 Å². The van der Waals surface area contributed by atoms with Gasteiger partial charge in [0.15, 0.2) is 0 Å². The number of rotatable bonds is 2. The number of cyclic esters (lactones) is 1. The average Bonchev–Trinajstić information content (AvgIpc) is 2.62. The number of nitrogens with one attached hydrogen (secondary N) is 1. The number of alkyl carbamates (subject to hydrolysis) is 1. The van der Waals surface area contributed by atoms with Crippen molar-refractivity contribution >= 4 is 6.09 Å². The first kappa shape index (κ1) is 10.0. The van der Waals surface area contributed by atoms with Gasteiger partial charge in [0, 0.05) is 0 Å². The van der Waals surface area contributed by atoms with E-state index < -0.39 is 0 Å². The summed E-state index contributed by atoms with van der Waals surface area (Å²) in [7, 11) is 0. The fraction of sp³-hybridized carbons (Fsp3) is 0.417. The van der Waals surface area contributed by atoms with E-state index in [4.69, 9.17) is 4.74 Å². The van der Waals surface area contributed by atoms with Crippen molar-refractivity contribution in [3.8, 4) is 0 Å². The Morgan fingerprint density at radius 2 is 1.93 bits per heavy atom. The first-order chi connectivity index (χ1) is 7.18. The molecule has 0 aliphatic carbocycles. The molecule has 3 nitrogen and oxygen atoms in total. The number of hydrogen-bond acceptors (Lipinski definition) is 2. The normalized spacial score (nSPS) is 25.1. The van der Waals surface area contributed by atoms with E-state index in [2.05, 4.69) is 19.2 Å². The number of benzene rings is 1. The number of carbonyl (C=O) groups excluding carboxylic acids is 1. The van der Waals surface area contributed by atoms with E-state index >= 15 is 0 Å². The SMILES string of the molecule is CC(C)[C@@H]1NC(=O)O[C@H]1c1ccccc1. The summed E-state index contributed by atoms with van der Waals surface area (Å²) in [6.07, 6.45) is -0.471. The number of hydrogen-bond donors (Lipinski definition) is 1. The molecule has 1 aromatic carbocycles. The van der Waals surface area contributed by atoms with Crippen molar-refractivity contribution in [3.05, 3.63) is 35.9 Å². The predicted octanol–water partition coefficient (Wildman–Crippen LogP) is 2.49.